The van der Waals surface area contributed by atoms with Crippen molar-refractivity contribution >= 4 is 0 Å². The van der Waals surface area contributed by atoms with E-state index >= 15 is 0 Å². The molecule has 2 unspecified atom stereocenters. The first-order chi connectivity index (χ1) is 8.66. The molecule has 0 radical (unpaired) electrons. The van der Waals surface area contributed by atoms with Gasteiger partial charge in [0.1, 0.15) is 6.10 Å². The van der Waals surface area contributed by atoms with Gasteiger partial charge >= 0.3 is 0 Å². The summed E-state index contributed by atoms with van der Waals surface area (Å²) >= 11 is 0. The van der Waals surface area contributed by atoms with Crippen LogP contribution in [0, 0.1) is 0 Å². The normalized spacial score (nSPS) is 30.8. The van der Waals surface area contributed by atoms with Crippen LogP contribution in [0.2, 0.25) is 0 Å². The van der Waals surface area contributed by atoms with Gasteiger partial charge in [-0.2, -0.15) is 0 Å². The summed E-state index contributed by atoms with van der Waals surface area (Å²) in [6, 6.07) is 8.64. The van der Waals surface area contributed by atoms with Gasteiger partial charge in [0.2, 0.25) is 0 Å². The Kier molecular flexibility index (Phi) is 3.14. The van der Waals surface area contributed by atoms with Gasteiger partial charge in [0, 0.05) is 6.54 Å². The van der Waals surface area contributed by atoms with E-state index in [-0.39, 0.29) is 6.10 Å². The van der Waals surface area contributed by atoms with Crippen molar-refractivity contribution < 1.29 is 9.47 Å². The highest BCUT2D eigenvalue weighted by Crippen LogP contribution is 2.37. The second-order valence-corrected chi connectivity index (χ2v) is 5.64. The van der Waals surface area contributed by atoms with Gasteiger partial charge in [-0.05, 0) is 43.9 Å². The molecule has 2 fully saturated rings. The maximum atomic E-state index is 5.99. The van der Waals surface area contributed by atoms with Crippen molar-refractivity contribution in [1.29, 1.82) is 0 Å². The van der Waals surface area contributed by atoms with Gasteiger partial charge in [0.15, 0.2) is 5.79 Å². The molecule has 3 heteroatoms. The Bertz CT molecular complexity index is 424. The minimum atomic E-state index is -0.453. The topological polar surface area (TPSA) is 30.5 Å². The lowest BCUT2D eigenvalue weighted by atomic mass is 9.91. The maximum absolute atomic E-state index is 5.99. The quantitative estimate of drug-likeness (QED) is 0.871. The summed E-state index contributed by atoms with van der Waals surface area (Å²) in [5, 5.41) is 3.43. The van der Waals surface area contributed by atoms with Gasteiger partial charge < -0.3 is 14.8 Å². The number of hydrogen-bond donors (Lipinski definition) is 1. The van der Waals surface area contributed by atoms with Crippen LogP contribution < -0.4 is 5.32 Å². The highest BCUT2D eigenvalue weighted by atomic mass is 16.7. The van der Waals surface area contributed by atoms with Gasteiger partial charge in [-0.3, -0.25) is 0 Å². The average molecular weight is 247 g/mol. The molecular weight excluding hydrogens is 226 g/mol. The zero-order valence-corrected chi connectivity index (χ0v) is 11.1. The zero-order valence-electron chi connectivity index (χ0n) is 11.1. The third-order valence-corrected chi connectivity index (χ3v) is 3.85. The lowest BCUT2D eigenvalue weighted by molar-refractivity contribution is -0.139. The van der Waals surface area contributed by atoms with E-state index in [2.05, 4.69) is 29.6 Å². The van der Waals surface area contributed by atoms with Gasteiger partial charge in [-0.15, -0.1) is 0 Å². The first-order valence-corrected chi connectivity index (χ1v) is 6.77. The number of hydrogen-bond acceptors (Lipinski definition) is 3. The van der Waals surface area contributed by atoms with Gasteiger partial charge in [0.25, 0.3) is 0 Å². The molecule has 0 aromatic heterocycles. The highest BCUT2D eigenvalue weighted by molar-refractivity contribution is 5.33. The highest BCUT2D eigenvalue weighted by Gasteiger charge is 2.35. The molecule has 0 bridgehead atoms. The van der Waals surface area contributed by atoms with E-state index in [1.165, 1.54) is 17.5 Å². The van der Waals surface area contributed by atoms with Crippen LogP contribution in [0.1, 0.15) is 43.4 Å². The Hall–Kier alpha value is -0.900. The van der Waals surface area contributed by atoms with Crippen molar-refractivity contribution in [2.45, 2.75) is 38.1 Å². The number of ether oxygens (including phenoxy) is 2. The Morgan fingerprint density at radius 2 is 2.00 bits per heavy atom. The fraction of sp³-hybridized carbons (Fsp3) is 0.600. The van der Waals surface area contributed by atoms with Crippen LogP contribution in [0.5, 0.6) is 0 Å². The molecular formula is C15H21NO2. The van der Waals surface area contributed by atoms with E-state index in [0.29, 0.717) is 12.5 Å². The fourth-order valence-corrected chi connectivity index (χ4v) is 2.94. The van der Waals surface area contributed by atoms with E-state index in [1.54, 1.807) is 0 Å². The van der Waals surface area contributed by atoms with Crippen LogP contribution >= 0.6 is 0 Å². The van der Waals surface area contributed by atoms with Crippen molar-refractivity contribution in [1.82, 2.24) is 5.32 Å². The van der Waals surface area contributed by atoms with E-state index in [9.17, 15) is 0 Å². The predicted octanol–water partition coefficient (Wildman–Crippen LogP) is 2.59. The number of nitrogens with one attached hydrogen (secondary N) is 1. The van der Waals surface area contributed by atoms with E-state index < -0.39 is 5.79 Å². The monoisotopic (exact) mass is 247 g/mol. The van der Waals surface area contributed by atoms with Crippen molar-refractivity contribution in [3.63, 3.8) is 0 Å². The summed E-state index contributed by atoms with van der Waals surface area (Å²) in [4.78, 5) is 0. The summed E-state index contributed by atoms with van der Waals surface area (Å²) in [5.41, 5.74) is 2.73. The summed E-state index contributed by atoms with van der Waals surface area (Å²) in [6.07, 6.45) is 1.30. The van der Waals surface area contributed by atoms with Gasteiger partial charge in [0.05, 0.1) is 6.61 Å². The molecule has 2 atom stereocenters. The summed E-state index contributed by atoms with van der Waals surface area (Å²) in [5.74, 6) is 0.166. The molecule has 0 amide bonds. The van der Waals surface area contributed by atoms with Crippen molar-refractivity contribution in [3.05, 3.63) is 35.4 Å². The molecule has 3 rings (SSSR count). The first kappa shape index (κ1) is 12.2. The fourth-order valence-electron chi connectivity index (χ4n) is 2.94. The van der Waals surface area contributed by atoms with Crippen LogP contribution in [-0.4, -0.2) is 25.5 Å². The summed E-state index contributed by atoms with van der Waals surface area (Å²) < 4.78 is 11.7. The minimum Gasteiger partial charge on any atom is -0.347 e. The predicted molar refractivity (Wildman–Crippen MR) is 70.5 cm³/mol. The average Bonchev–Trinajstić information content (AvgIpc) is 2.98. The molecule has 1 N–H and O–H groups in total. The Morgan fingerprint density at radius 1 is 1.22 bits per heavy atom. The molecule has 2 aliphatic heterocycles. The van der Waals surface area contributed by atoms with Crippen LogP contribution in [0.25, 0.3) is 0 Å². The lowest BCUT2D eigenvalue weighted by Crippen LogP contribution is -2.20. The van der Waals surface area contributed by atoms with Crippen molar-refractivity contribution in [3.8, 4) is 0 Å². The third-order valence-electron chi connectivity index (χ3n) is 3.85. The molecule has 3 nitrogen and oxygen atoms in total. The van der Waals surface area contributed by atoms with Gasteiger partial charge in [-0.25, -0.2) is 0 Å². The summed E-state index contributed by atoms with van der Waals surface area (Å²) in [7, 11) is 0. The third kappa shape index (κ3) is 2.30. The second kappa shape index (κ2) is 4.65. The molecule has 1 aromatic rings. The van der Waals surface area contributed by atoms with Gasteiger partial charge in [-0.1, -0.05) is 24.3 Å². The van der Waals surface area contributed by atoms with Crippen LogP contribution in [-0.2, 0) is 9.47 Å². The van der Waals surface area contributed by atoms with E-state index in [1.807, 2.05) is 13.8 Å². The molecule has 2 heterocycles. The SMILES string of the molecule is CC1(C)OCC(c2ccccc2C2CCNC2)O1. The Labute approximate surface area is 108 Å². The maximum Gasteiger partial charge on any atom is 0.163 e. The molecule has 2 saturated heterocycles. The van der Waals surface area contributed by atoms with Crippen LogP contribution in [0.4, 0.5) is 0 Å². The van der Waals surface area contributed by atoms with E-state index in [0.717, 1.165) is 13.1 Å². The van der Waals surface area contributed by atoms with Crippen LogP contribution in [0.3, 0.4) is 0 Å². The molecule has 18 heavy (non-hydrogen) atoms. The number of benzene rings is 1. The Balaban J connectivity index is 1.87. The lowest BCUT2D eigenvalue weighted by Gasteiger charge is -2.21. The first-order valence-electron chi connectivity index (χ1n) is 6.77. The Morgan fingerprint density at radius 3 is 2.61 bits per heavy atom. The van der Waals surface area contributed by atoms with Crippen molar-refractivity contribution in [2.24, 2.45) is 0 Å². The molecule has 98 valence electrons. The van der Waals surface area contributed by atoms with E-state index in [4.69, 9.17) is 9.47 Å². The molecule has 0 spiro atoms. The summed E-state index contributed by atoms with van der Waals surface area (Å²) in [6.45, 7) is 6.81. The molecule has 1 aromatic carbocycles. The molecule has 0 aliphatic carbocycles. The molecule has 0 saturated carbocycles. The van der Waals surface area contributed by atoms with Crippen LogP contribution in [0.15, 0.2) is 24.3 Å². The second-order valence-electron chi connectivity index (χ2n) is 5.64. The molecule has 2 aliphatic rings. The zero-order chi connectivity index (χ0) is 12.6. The largest absolute Gasteiger partial charge is 0.347 e. The van der Waals surface area contributed by atoms with Crippen molar-refractivity contribution in [2.75, 3.05) is 19.7 Å². The smallest absolute Gasteiger partial charge is 0.163 e. The standard InChI is InChI=1S/C15H21NO2/c1-15(2)17-10-14(18-15)13-6-4-3-5-12(13)11-7-8-16-9-11/h3-6,11,14,16H,7-10H2,1-2H3. The minimum absolute atomic E-state index is 0.0804. The number of rotatable bonds is 2.